The Balaban J connectivity index is 1.55. The van der Waals surface area contributed by atoms with Crippen molar-refractivity contribution in [3.05, 3.63) is 51.7 Å². The van der Waals surface area contributed by atoms with Crippen molar-refractivity contribution in [3.63, 3.8) is 0 Å². The lowest BCUT2D eigenvalue weighted by molar-refractivity contribution is -0.121. The third-order valence-corrected chi connectivity index (χ3v) is 4.46. The minimum absolute atomic E-state index is 0.0821. The summed E-state index contributed by atoms with van der Waals surface area (Å²) < 4.78 is 10.7. The molecule has 0 saturated heterocycles. The second-order valence-corrected chi connectivity index (χ2v) is 6.29. The summed E-state index contributed by atoms with van der Waals surface area (Å²) in [5.74, 6) is 1.56. The van der Waals surface area contributed by atoms with Crippen LogP contribution in [0.2, 0.25) is 0 Å². The standard InChI is InChI=1S/C17H18N2O4S/c1-10-13(11(2)23-19-10)7-17(21)18-8-14(20)16-4-3-15(22-16)12-5-6-24-9-12/h3-6,9,14,20H,7-8H2,1-2H3,(H,18,21)/t14-/m0/s1. The van der Waals surface area contributed by atoms with Crippen LogP contribution in [0.3, 0.4) is 0 Å². The molecule has 0 aliphatic carbocycles. The van der Waals surface area contributed by atoms with Crippen molar-refractivity contribution in [3.8, 4) is 11.3 Å². The average molecular weight is 346 g/mol. The summed E-state index contributed by atoms with van der Waals surface area (Å²) in [4.78, 5) is 12.0. The van der Waals surface area contributed by atoms with E-state index in [9.17, 15) is 9.90 Å². The first kappa shape index (κ1) is 16.5. The van der Waals surface area contributed by atoms with Gasteiger partial charge in [0.1, 0.15) is 23.4 Å². The van der Waals surface area contributed by atoms with Crippen LogP contribution < -0.4 is 5.32 Å². The molecule has 3 heterocycles. The van der Waals surface area contributed by atoms with E-state index >= 15 is 0 Å². The van der Waals surface area contributed by atoms with Crippen LogP contribution >= 0.6 is 11.3 Å². The zero-order valence-electron chi connectivity index (χ0n) is 13.4. The predicted molar refractivity (Wildman–Crippen MR) is 89.7 cm³/mol. The molecule has 0 aromatic carbocycles. The van der Waals surface area contributed by atoms with E-state index in [2.05, 4.69) is 10.5 Å². The lowest BCUT2D eigenvalue weighted by Crippen LogP contribution is -2.29. The van der Waals surface area contributed by atoms with Crippen LogP contribution in [0, 0.1) is 13.8 Å². The van der Waals surface area contributed by atoms with Gasteiger partial charge in [0.25, 0.3) is 0 Å². The van der Waals surface area contributed by atoms with Crippen LogP contribution in [0.1, 0.15) is 28.9 Å². The van der Waals surface area contributed by atoms with Crippen LogP contribution in [0.15, 0.2) is 37.9 Å². The van der Waals surface area contributed by atoms with Gasteiger partial charge in [-0.25, -0.2) is 0 Å². The van der Waals surface area contributed by atoms with Crippen LogP contribution in [0.25, 0.3) is 11.3 Å². The molecule has 0 fully saturated rings. The molecule has 3 rings (SSSR count). The number of carbonyl (C=O) groups excluding carboxylic acids is 1. The van der Waals surface area contributed by atoms with Gasteiger partial charge in [0.15, 0.2) is 0 Å². The van der Waals surface area contributed by atoms with Crippen LogP contribution in [-0.4, -0.2) is 22.7 Å². The number of furan rings is 1. The molecule has 7 heteroatoms. The largest absolute Gasteiger partial charge is 0.458 e. The maximum atomic E-state index is 12.0. The highest BCUT2D eigenvalue weighted by Crippen LogP contribution is 2.26. The molecule has 1 atom stereocenters. The van der Waals surface area contributed by atoms with Gasteiger partial charge in [-0.2, -0.15) is 11.3 Å². The topological polar surface area (TPSA) is 88.5 Å². The van der Waals surface area contributed by atoms with Gasteiger partial charge in [-0.15, -0.1) is 0 Å². The SMILES string of the molecule is Cc1noc(C)c1CC(=O)NC[C@H](O)c1ccc(-c2ccsc2)o1. The Bertz CT molecular complexity index is 800. The molecule has 24 heavy (non-hydrogen) atoms. The van der Waals surface area contributed by atoms with Crippen molar-refractivity contribution in [2.24, 2.45) is 0 Å². The first-order valence-electron chi connectivity index (χ1n) is 7.53. The van der Waals surface area contributed by atoms with E-state index in [0.717, 1.165) is 11.1 Å². The summed E-state index contributed by atoms with van der Waals surface area (Å²) in [6.07, 6.45) is -0.724. The third-order valence-electron chi connectivity index (χ3n) is 3.77. The number of carbonyl (C=O) groups is 1. The van der Waals surface area contributed by atoms with Crippen LogP contribution in [0.4, 0.5) is 0 Å². The van der Waals surface area contributed by atoms with Crippen molar-refractivity contribution in [1.82, 2.24) is 10.5 Å². The van der Waals surface area contributed by atoms with E-state index in [-0.39, 0.29) is 18.9 Å². The van der Waals surface area contributed by atoms with E-state index in [1.807, 2.05) is 22.9 Å². The van der Waals surface area contributed by atoms with Gasteiger partial charge in [-0.05, 0) is 37.4 Å². The second kappa shape index (κ2) is 7.02. The van der Waals surface area contributed by atoms with Crippen molar-refractivity contribution >= 4 is 17.2 Å². The number of aromatic nitrogens is 1. The molecular weight excluding hydrogens is 328 g/mol. The van der Waals surface area contributed by atoms with E-state index in [1.165, 1.54) is 0 Å². The fourth-order valence-electron chi connectivity index (χ4n) is 2.38. The molecule has 0 spiro atoms. The highest BCUT2D eigenvalue weighted by molar-refractivity contribution is 7.08. The Morgan fingerprint density at radius 3 is 2.88 bits per heavy atom. The Hall–Kier alpha value is -2.38. The summed E-state index contributed by atoms with van der Waals surface area (Å²) in [5.41, 5.74) is 2.45. The fraction of sp³-hybridized carbons (Fsp3) is 0.294. The highest BCUT2D eigenvalue weighted by atomic mass is 32.1. The van der Waals surface area contributed by atoms with Crippen LogP contribution in [0.5, 0.6) is 0 Å². The van der Waals surface area contributed by atoms with Gasteiger partial charge in [-0.3, -0.25) is 4.79 Å². The van der Waals surface area contributed by atoms with Crippen molar-refractivity contribution in [1.29, 1.82) is 0 Å². The highest BCUT2D eigenvalue weighted by Gasteiger charge is 2.17. The van der Waals surface area contributed by atoms with Gasteiger partial charge >= 0.3 is 0 Å². The summed E-state index contributed by atoms with van der Waals surface area (Å²) in [6, 6.07) is 5.48. The lowest BCUT2D eigenvalue weighted by Gasteiger charge is -2.09. The van der Waals surface area contributed by atoms with Gasteiger partial charge in [0, 0.05) is 16.5 Å². The number of rotatable bonds is 6. The maximum Gasteiger partial charge on any atom is 0.224 e. The van der Waals surface area contributed by atoms with Crippen molar-refractivity contribution in [2.75, 3.05) is 6.54 Å². The predicted octanol–water partition coefficient (Wildman–Crippen LogP) is 3.01. The molecule has 0 unspecified atom stereocenters. The van der Waals surface area contributed by atoms with Crippen molar-refractivity contribution in [2.45, 2.75) is 26.4 Å². The number of hydrogen-bond donors (Lipinski definition) is 2. The minimum atomic E-state index is -0.897. The zero-order chi connectivity index (χ0) is 17.1. The first-order valence-corrected chi connectivity index (χ1v) is 8.47. The molecule has 6 nitrogen and oxygen atoms in total. The van der Waals surface area contributed by atoms with Gasteiger partial charge in [0.2, 0.25) is 5.91 Å². The normalized spacial score (nSPS) is 12.3. The molecule has 3 aromatic rings. The number of aryl methyl sites for hydroxylation is 2. The third kappa shape index (κ3) is 3.58. The number of thiophene rings is 1. The Kier molecular flexibility index (Phi) is 4.82. The molecule has 126 valence electrons. The summed E-state index contributed by atoms with van der Waals surface area (Å²) >= 11 is 1.58. The molecule has 0 bridgehead atoms. The average Bonchev–Trinajstić information content (AvgIpc) is 3.29. The molecule has 0 saturated carbocycles. The maximum absolute atomic E-state index is 12.0. The molecular formula is C17H18N2O4S. The van der Waals surface area contributed by atoms with Gasteiger partial charge in [-0.1, -0.05) is 5.16 Å². The minimum Gasteiger partial charge on any atom is -0.458 e. The first-order chi connectivity index (χ1) is 11.5. The van der Waals surface area contributed by atoms with E-state index < -0.39 is 6.10 Å². The monoisotopic (exact) mass is 346 g/mol. The number of amides is 1. The molecule has 0 aliphatic rings. The smallest absolute Gasteiger partial charge is 0.224 e. The van der Waals surface area contributed by atoms with E-state index in [4.69, 9.17) is 8.94 Å². The quantitative estimate of drug-likeness (QED) is 0.716. The second-order valence-electron chi connectivity index (χ2n) is 5.51. The zero-order valence-corrected chi connectivity index (χ0v) is 14.2. The lowest BCUT2D eigenvalue weighted by atomic mass is 10.1. The number of hydrogen-bond acceptors (Lipinski definition) is 6. The number of nitrogens with one attached hydrogen (secondary N) is 1. The molecule has 0 radical (unpaired) electrons. The van der Waals surface area contributed by atoms with Gasteiger partial charge in [0.05, 0.1) is 18.7 Å². The van der Waals surface area contributed by atoms with E-state index in [0.29, 0.717) is 23.0 Å². The number of aliphatic hydroxyl groups excluding tert-OH is 1. The summed E-state index contributed by atoms with van der Waals surface area (Å²) in [5, 5.41) is 20.6. The summed E-state index contributed by atoms with van der Waals surface area (Å²) in [7, 11) is 0. The van der Waals surface area contributed by atoms with E-state index in [1.54, 1.807) is 31.3 Å². The molecule has 1 amide bonds. The number of aliphatic hydroxyl groups is 1. The fourth-order valence-corrected chi connectivity index (χ4v) is 3.03. The molecule has 2 N–H and O–H groups in total. The van der Waals surface area contributed by atoms with Crippen molar-refractivity contribution < 1.29 is 18.8 Å². The summed E-state index contributed by atoms with van der Waals surface area (Å²) in [6.45, 7) is 3.65. The Labute approximate surface area is 143 Å². The van der Waals surface area contributed by atoms with Gasteiger partial charge < -0.3 is 19.4 Å². The van der Waals surface area contributed by atoms with Crippen LogP contribution in [-0.2, 0) is 11.2 Å². The molecule has 0 aliphatic heterocycles. The number of nitrogens with zero attached hydrogens (tertiary/aromatic N) is 1. The Morgan fingerprint density at radius 2 is 2.21 bits per heavy atom. The molecule has 3 aromatic heterocycles. The Morgan fingerprint density at radius 1 is 1.38 bits per heavy atom.